The number of ketones is 1. The summed E-state index contributed by atoms with van der Waals surface area (Å²) in [5.74, 6) is 1.76. The summed E-state index contributed by atoms with van der Waals surface area (Å²) >= 11 is 0. The van der Waals surface area contributed by atoms with E-state index in [1.807, 2.05) is 12.1 Å². The molecule has 0 N–H and O–H groups in total. The van der Waals surface area contributed by atoms with E-state index in [1.165, 1.54) is 5.56 Å². The highest BCUT2D eigenvalue weighted by molar-refractivity contribution is 5.98. The number of carbonyl (C=O) groups excluding carboxylic acids is 1. The normalized spacial score (nSPS) is 19.9. The summed E-state index contributed by atoms with van der Waals surface area (Å²) in [4.78, 5) is 26.5. The number of hydrogen-bond acceptors (Lipinski definition) is 6. The molecule has 1 saturated heterocycles. The number of fused-ring (bicyclic) bond motifs is 1. The molecule has 1 aliphatic heterocycles. The Hall–Kier alpha value is -2.99. The first kappa shape index (κ1) is 18.1. The molecule has 29 heavy (non-hydrogen) atoms. The maximum atomic E-state index is 12.6. The third kappa shape index (κ3) is 3.80. The molecule has 6 heteroatoms. The van der Waals surface area contributed by atoms with E-state index in [0.717, 1.165) is 56.5 Å². The van der Waals surface area contributed by atoms with Crippen molar-refractivity contribution in [3.63, 3.8) is 0 Å². The molecule has 0 bridgehead atoms. The van der Waals surface area contributed by atoms with Crippen molar-refractivity contribution in [2.45, 2.75) is 25.3 Å². The zero-order valence-corrected chi connectivity index (χ0v) is 16.3. The average Bonchev–Trinajstić information content (AvgIpc) is 3.30. The number of hydrogen-bond donors (Lipinski definition) is 0. The standard InChI is InChI=1S/C23H24N4O2/c28-21-14-18(22-7-4-12-29-22)13-20-19(21)15-24-23(25-20)27-10-8-26(9-11-27)16-17-5-2-1-3-6-17/h1-7,12,15,18H,8-11,13-14,16H2. The molecule has 3 heterocycles. The van der Waals surface area contributed by atoms with E-state index in [0.29, 0.717) is 12.0 Å². The Morgan fingerprint density at radius 1 is 1.00 bits per heavy atom. The van der Waals surface area contributed by atoms with Crippen molar-refractivity contribution >= 4 is 11.7 Å². The molecule has 2 aromatic heterocycles. The average molecular weight is 388 g/mol. The minimum Gasteiger partial charge on any atom is -0.469 e. The van der Waals surface area contributed by atoms with Gasteiger partial charge in [0.15, 0.2) is 5.78 Å². The Morgan fingerprint density at radius 2 is 1.83 bits per heavy atom. The molecule has 2 aliphatic rings. The summed E-state index contributed by atoms with van der Waals surface area (Å²) in [6, 6.07) is 14.4. The van der Waals surface area contributed by atoms with Gasteiger partial charge in [-0.15, -0.1) is 0 Å². The van der Waals surface area contributed by atoms with Gasteiger partial charge in [-0.1, -0.05) is 30.3 Å². The minimum atomic E-state index is 0.0652. The fourth-order valence-electron chi connectivity index (χ4n) is 4.26. The van der Waals surface area contributed by atoms with Crippen LogP contribution in [0.2, 0.25) is 0 Å². The second kappa shape index (κ2) is 7.79. The SMILES string of the molecule is O=C1CC(c2ccco2)Cc2nc(N3CCN(Cc4ccccc4)CC3)ncc21. The second-order valence-corrected chi connectivity index (χ2v) is 7.82. The molecule has 6 nitrogen and oxygen atoms in total. The zero-order chi connectivity index (χ0) is 19.6. The highest BCUT2D eigenvalue weighted by atomic mass is 16.3. The lowest BCUT2D eigenvalue weighted by Crippen LogP contribution is -2.46. The van der Waals surface area contributed by atoms with Crippen molar-refractivity contribution in [2.24, 2.45) is 0 Å². The fourth-order valence-corrected chi connectivity index (χ4v) is 4.26. The van der Waals surface area contributed by atoms with E-state index >= 15 is 0 Å². The van der Waals surface area contributed by atoms with Crippen molar-refractivity contribution in [1.82, 2.24) is 14.9 Å². The first-order valence-corrected chi connectivity index (χ1v) is 10.2. The number of rotatable bonds is 4. The van der Waals surface area contributed by atoms with Crippen molar-refractivity contribution in [1.29, 1.82) is 0 Å². The molecule has 0 spiro atoms. The number of benzene rings is 1. The van der Waals surface area contributed by atoms with Crippen LogP contribution in [0.3, 0.4) is 0 Å². The summed E-state index contributed by atoms with van der Waals surface area (Å²) < 4.78 is 5.53. The van der Waals surface area contributed by atoms with Crippen LogP contribution in [0.25, 0.3) is 0 Å². The molecule has 1 aliphatic carbocycles. The van der Waals surface area contributed by atoms with Crippen LogP contribution in [0, 0.1) is 0 Å². The smallest absolute Gasteiger partial charge is 0.225 e. The van der Waals surface area contributed by atoms with Gasteiger partial charge in [-0.3, -0.25) is 9.69 Å². The molecule has 0 amide bonds. The topological polar surface area (TPSA) is 62.5 Å². The van der Waals surface area contributed by atoms with Gasteiger partial charge in [0.1, 0.15) is 5.76 Å². The van der Waals surface area contributed by atoms with Crippen LogP contribution in [-0.2, 0) is 13.0 Å². The molecule has 1 aromatic carbocycles. The van der Waals surface area contributed by atoms with Crippen molar-refractivity contribution in [3.8, 4) is 0 Å². The molecule has 5 rings (SSSR count). The summed E-state index contributed by atoms with van der Waals surface area (Å²) in [6.07, 6.45) is 4.56. The minimum absolute atomic E-state index is 0.0652. The van der Waals surface area contributed by atoms with Crippen LogP contribution in [0.1, 0.15) is 39.7 Å². The van der Waals surface area contributed by atoms with Gasteiger partial charge >= 0.3 is 0 Å². The fraction of sp³-hybridized carbons (Fsp3) is 0.348. The second-order valence-electron chi connectivity index (χ2n) is 7.82. The van der Waals surface area contributed by atoms with Crippen molar-refractivity contribution in [3.05, 3.63) is 77.5 Å². The van der Waals surface area contributed by atoms with Crippen LogP contribution in [0.5, 0.6) is 0 Å². The summed E-state index contributed by atoms with van der Waals surface area (Å²) in [6.45, 7) is 4.70. The molecular weight excluding hydrogens is 364 g/mol. The third-order valence-electron chi connectivity index (χ3n) is 5.88. The highest BCUT2D eigenvalue weighted by Gasteiger charge is 2.30. The first-order valence-electron chi connectivity index (χ1n) is 10.2. The summed E-state index contributed by atoms with van der Waals surface area (Å²) in [5.41, 5.74) is 2.85. The quantitative estimate of drug-likeness (QED) is 0.683. The van der Waals surface area contributed by atoms with Gasteiger partial charge in [-0.05, 0) is 17.7 Å². The molecule has 0 radical (unpaired) electrons. The molecule has 1 unspecified atom stereocenters. The lowest BCUT2D eigenvalue weighted by Gasteiger charge is -2.35. The van der Waals surface area contributed by atoms with Crippen molar-refractivity contribution in [2.75, 3.05) is 31.1 Å². The monoisotopic (exact) mass is 388 g/mol. The Balaban J connectivity index is 1.27. The molecule has 3 aromatic rings. The maximum Gasteiger partial charge on any atom is 0.225 e. The Bertz CT molecular complexity index is 979. The predicted molar refractivity (Wildman–Crippen MR) is 110 cm³/mol. The van der Waals surface area contributed by atoms with E-state index < -0.39 is 0 Å². The lowest BCUT2D eigenvalue weighted by molar-refractivity contribution is 0.0958. The zero-order valence-electron chi connectivity index (χ0n) is 16.3. The molecule has 1 atom stereocenters. The van der Waals surface area contributed by atoms with Gasteiger partial charge in [0.25, 0.3) is 0 Å². The van der Waals surface area contributed by atoms with Gasteiger partial charge in [-0.25, -0.2) is 9.97 Å². The van der Waals surface area contributed by atoms with Gasteiger partial charge in [0.2, 0.25) is 5.95 Å². The Labute approximate surface area is 170 Å². The number of aromatic nitrogens is 2. The largest absolute Gasteiger partial charge is 0.469 e. The van der Waals surface area contributed by atoms with Crippen LogP contribution >= 0.6 is 0 Å². The van der Waals surface area contributed by atoms with Crippen LogP contribution in [0.4, 0.5) is 5.95 Å². The van der Waals surface area contributed by atoms with E-state index in [-0.39, 0.29) is 11.7 Å². The predicted octanol–water partition coefficient (Wildman–Crippen LogP) is 3.30. The van der Waals surface area contributed by atoms with E-state index in [9.17, 15) is 4.79 Å². The Kier molecular flexibility index (Phi) is 4.86. The first-order chi connectivity index (χ1) is 14.3. The van der Waals surface area contributed by atoms with Gasteiger partial charge in [0.05, 0.1) is 17.5 Å². The maximum absolute atomic E-state index is 12.6. The van der Waals surface area contributed by atoms with E-state index in [4.69, 9.17) is 9.40 Å². The third-order valence-corrected chi connectivity index (χ3v) is 5.88. The van der Waals surface area contributed by atoms with Crippen molar-refractivity contribution < 1.29 is 9.21 Å². The Morgan fingerprint density at radius 3 is 2.59 bits per heavy atom. The lowest BCUT2D eigenvalue weighted by atomic mass is 9.85. The number of furan rings is 1. The summed E-state index contributed by atoms with van der Waals surface area (Å²) in [7, 11) is 0. The molecular formula is C23H24N4O2. The summed E-state index contributed by atoms with van der Waals surface area (Å²) in [5, 5.41) is 0. The number of piperazine rings is 1. The van der Waals surface area contributed by atoms with Crippen LogP contribution in [0.15, 0.2) is 59.3 Å². The van der Waals surface area contributed by atoms with E-state index in [2.05, 4.69) is 45.1 Å². The van der Waals surface area contributed by atoms with Crippen LogP contribution < -0.4 is 4.90 Å². The molecule has 148 valence electrons. The molecule has 1 fully saturated rings. The number of carbonyl (C=O) groups is 1. The van der Waals surface area contributed by atoms with Gasteiger partial charge in [-0.2, -0.15) is 0 Å². The number of nitrogens with zero attached hydrogens (tertiary/aromatic N) is 4. The number of anilines is 1. The number of Topliss-reactive ketones (excluding diaryl/α,β-unsaturated/α-hetero) is 1. The van der Waals surface area contributed by atoms with Crippen LogP contribution in [-0.4, -0.2) is 46.8 Å². The van der Waals surface area contributed by atoms with Gasteiger partial charge in [0, 0.05) is 57.7 Å². The van der Waals surface area contributed by atoms with Gasteiger partial charge < -0.3 is 9.32 Å². The van der Waals surface area contributed by atoms with E-state index in [1.54, 1.807) is 12.5 Å². The highest BCUT2D eigenvalue weighted by Crippen LogP contribution is 2.32. The molecule has 0 saturated carbocycles.